The molecule has 88 valence electrons. The molecule has 0 aliphatic heterocycles. The molecule has 0 aromatic carbocycles. The molecule has 0 unspecified atom stereocenters. The van der Waals surface area contributed by atoms with Crippen LogP contribution in [-0.4, -0.2) is 34.2 Å². The van der Waals surface area contributed by atoms with Crippen LogP contribution >= 0.6 is 11.6 Å². The summed E-state index contributed by atoms with van der Waals surface area (Å²) in [4.78, 5) is 11.5. The Labute approximate surface area is 98.6 Å². The lowest BCUT2D eigenvalue weighted by Gasteiger charge is -2.40. The van der Waals surface area contributed by atoms with Gasteiger partial charge in [-0.05, 0) is 30.9 Å². The first-order chi connectivity index (χ1) is 7.63. The summed E-state index contributed by atoms with van der Waals surface area (Å²) >= 11 is 5.67. The lowest BCUT2D eigenvalue weighted by atomic mass is 9.80. The molecule has 16 heavy (non-hydrogen) atoms. The lowest BCUT2D eigenvalue weighted by molar-refractivity contribution is -0.0602. The summed E-state index contributed by atoms with van der Waals surface area (Å²) in [7, 11) is 1.72. The van der Waals surface area contributed by atoms with Crippen molar-refractivity contribution in [3.05, 3.63) is 5.28 Å². The van der Waals surface area contributed by atoms with Gasteiger partial charge in [0.05, 0.1) is 5.60 Å². The van der Waals surface area contributed by atoms with Crippen LogP contribution in [0.5, 0.6) is 0 Å². The number of hydrogen-bond donors (Lipinski definition) is 2. The molecular weight excluding hydrogens is 230 g/mol. The molecule has 1 fully saturated rings. The second-order valence-corrected chi connectivity index (χ2v) is 4.22. The van der Waals surface area contributed by atoms with Crippen molar-refractivity contribution in [2.45, 2.75) is 24.9 Å². The van der Waals surface area contributed by atoms with Gasteiger partial charge in [0.15, 0.2) is 0 Å². The van der Waals surface area contributed by atoms with Crippen molar-refractivity contribution in [2.75, 3.05) is 24.7 Å². The van der Waals surface area contributed by atoms with Crippen LogP contribution in [0.4, 0.5) is 11.9 Å². The van der Waals surface area contributed by atoms with Gasteiger partial charge in [-0.3, -0.25) is 0 Å². The zero-order valence-electron chi connectivity index (χ0n) is 9.03. The van der Waals surface area contributed by atoms with Crippen LogP contribution in [0, 0.1) is 0 Å². The molecule has 1 aliphatic rings. The molecule has 0 spiro atoms. The fourth-order valence-corrected chi connectivity index (χ4v) is 1.88. The molecular formula is C9H14ClN5O. The molecule has 0 atom stereocenters. The maximum absolute atomic E-state index is 5.67. The van der Waals surface area contributed by atoms with Crippen molar-refractivity contribution in [1.82, 2.24) is 15.0 Å². The number of anilines is 2. The Hall–Kier alpha value is -1.14. The molecule has 0 saturated heterocycles. The summed E-state index contributed by atoms with van der Waals surface area (Å²) in [5.74, 6) is 0.503. The number of hydrogen-bond acceptors (Lipinski definition) is 6. The largest absolute Gasteiger partial charge is 0.376 e. The van der Waals surface area contributed by atoms with Gasteiger partial charge in [0, 0.05) is 13.7 Å². The number of rotatable bonds is 4. The molecule has 7 heteroatoms. The van der Waals surface area contributed by atoms with E-state index in [0.717, 1.165) is 12.8 Å². The summed E-state index contributed by atoms with van der Waals surface area (Å²) < 4.78 is 5.46. The highest BCUT2D eigenvalue weighted by Crippen LogP contribution is 2.34. The number of nitrogens with two attached hydrogens (primary N) is 1. The van der Waals surface area contributed by atoms with Gasteiger partial charge in [0.1, 0.15) is 0 Å². The Balaban J connectivity index is 1.98. The van der Waals surface area contributed by atoms with Crippen molar-refractivity contribution in [3.63, 3.8) is 0 Å². The Kier molecular flexibility index (Phi) is 3.11. The van der Waals surface area contributed by atoms with E-state index in [1.165, 1.54) is 6.42 Å². The zero-order chi connectivity index (χ0) is 11.6. The van der Waals surface area contributed by atoms with E-state index < -0.39 is 0 Å². The third kappa shape index (κ3) is 2.33. The normalized spacial score (nSPS) is 17.9. The molecule has 1 aromatic heterocycles. The number of halogens is 1. The minimum atomic E-state index is -0.0894. The second-order valence-electron chi connectivity index (χ2n) is 3.88. The van der Waals surface area contributed by atoms with Gasteiger partial charge < -0.3 is 15.8 Å². The zero-order valence-corrected chi connectivity index (χ0v) is 9.79. The Morgan fingerprint density at radius 3 is 2.69 bits per heavy atom. The van der Waals surface area contributed by atoms with Crippen molar-refractivity contribution in [1.29, 1.82) is 0 Å². The van der Waals surface area contributed by atoms with Crippen molar-refractivity contribution >= 4 is 23.5 Å². The predicted octanol–water partition coefficient (Wildman–Crippen LogP) is 1.09. The Morgan fingerprint density at radius 2 is 2.19 bits per heavy atom. The number of aromatic nitrogens is 3. The monoisotopic (exact) mass is 243 g/mol. The summed E-state index contributed by atoms with van der Waals surface area (Å²) in [5.41, 5.74) is 5.37. The molecule has 1 saturated carbocycles. The van der Waals surface area contributed by atoms with E-state index in [1.54, 1.807) is 7.11 Å². The molecule has 3 N–H and O–H groups in total. The molecule has 0 amide bonds. The van der Waals surface area contributed by atoms with E-state index in [2.05, 4.69) is 20.3 Å². The summed E-state index contributed by atoms with van der Waals surface area (Å²) in [6.45, 7) is 0.656. The average Bonchev–Trinajstić information content (AvgIpc) is 2.15. The van der Waals surface area contributed by atoms with E-state index in [0.29, 0.717) is 12.5 Å². The summed E-state index contributed by atoms with van der Waals surface area (Å²) in [6, 6.07) is 0. The van der Waals surface area contributed by atoms with Gasteiger partial charge in [-0.2, -0.15) is 15.0 Å². The summed E-state index contributed by atoms with van der Waals surface area (Å²) in [5, 5.41) is 3.16. The minimum Gasteiger partial charge on any atom is -0.376 e. The van der Waals surface area contributed by atoms with Crippen LogP contribution in [0.2, 0.25) is 5.28 Å². The molecule has 1 aliphatic carbocycles. The van der Waals surface area contributed by atoms with Gasteiger partial charge in [-0.1, -0.05) is 0 Å². The molecule has 0 bridgehead atoms. The van der Waals surface area contributed by atoms with Gasteiger partial charge in [0.2, 0.25) is 17.2 Å². The number of nitrogen functional groups attached to an aromatic ring is 1. The molecule has 6 nitrogen and oxygen atoms in total. The van der Waals surface area contributed by atoms with E-state index in [9.17, 15) is 0 Å². The first kappa shape index (κ1) is 11.3. The molecule has 1 aromatic rings. The number of ether oxygens (including phenoxy) is 1. The van der Waals surface area contributed by atoms with Crippen LogP contribution in [0.15, 0.2) is 0 Å². The van der Waals surface area contributed by atoms with Crippen LogP contribution in [-0.2, 0) is 4.74 Å². The number of nitrogens with zero attached hydrogens (tertiary/aromatic N) is 3. The van der Waals surface area contributed by atoms with E-state index in [4.69, 9.17) is 22.1 Å². The quantitative estimate of drug-likeness (QED) is 0.823. The topological polar surface area (TPSA) is 86.0 Å². The maximum Gasteiger partial charge on any atom is 0.228 e. The lowest BCUT2D eigenvalue weighted by Crippen LogP contribution is -2.45. The van der Waals surface area contributed by atoms with Crippen LogP contribution in [0.1, 0.15) is 19.3 Å². The van der Waals surface area contributed by atoms with E-state index in [1.807, 2.05) is 0 Å². The average molecular weight is 244 g/mol. The third-order valence-corrected chi connectivity index (χ3v) is 3.06. The van der Waals surface area contributed by atoms with Crippen LogP contribution < -0.4 is 11.1 Å². The maximum atomic E-state index is 5.67. The Bertz CT molecular complexity index is 356. The predicted molar refractivity (Wildman–Crippen MR) is 61.3 cm³/mol. The fraction of sp³-hybridized carbons (Fsp3) is 0.667. The standard InChI is InChI=1S/C9H14ClN5O/c1-16-9(3-2-4-9)5-12-8-14-6(10)13-7(11)15-8/h2-5H2,1H3,(H3,11,12,13,14,15). The summed E-state index contributed by atoms with van der Waals surface area (Å²) in [6.07, 6.45) is 3.28. The highest BCUT2D eigenvalue weighted by Gasteiger charge is 2.36. The molecule has 1 heterocycles. The van der Waals surface area contributed by atoms with Gasteiger partial charge in [-0.25, -0.2) is 0 Å². The highest BCUT2D eigenvalue weighted by atomic mass is 35.5. The van der Waals surface area contributed by atoms with Crippen molar-refractivity contribution in [3.8, 4) is 0 Å². The Morgan fingerprint density at radius 1 is 1.44 bits per heavy atom. The highest BCUT2D eigenvalue weighted by molar-refractivity contribution is 6.28. The number of methoxy groups -OCH3 is 1. The van der Waals surface area contributed by atoms with Gasteiger partial charge in [0.25, 0.3) is 0 Å². The SMILES string of the molecule is COC1(CNc2nc(N)nc(Cl)n2)CCC1. The molecule has 2 rings (SSSR count). The van der Waals surface area contributed by atoms with Crippen molar-refractivity contribution < 1.29 is 4.74 Å². The second kappa shape index (κ2) is 4.39. The fourth-order valence-electron chi connectivity index (χ4n) is 1.71. The third-order valence-electron chi connectivity index (χ3n) is 2.89. The first-order valence-electron chi connectivity index (χ1n) is 5.10. The van der Waals surface area contributed by atoms with E-state index in [-0.39, 0.29) is 16.8 Å². The number of nitrogens with one attached hydrogen (secondary N) is 1. The van der Waals surface area contributed by atoms with E-state index >= 15 is 0 Å². The van der Waals surface area contributed by atoms with Crippen molar-refractivity contribution in [2.24, 2.45) is 0 Å². The smallest absolute Gasteiger partial charge is 0.228 e. The molecule has 0 radical (unpaired) electrons. The van der Waals surface area contributed by atoms with Crippen LogP contribution in [0.25, 0.3) is 0 Å². The van der Waals surface area contributed by atoms with Crippen LogP contribution in [0.3, 0.4) is 0 Å². The van der Waals surface area contributed by atoms with Gasteiger partial charge >= 0.3 is 0 Å². The van der Waals surface area contributed by atoms with Gasteiger partial charge in [-0.15, -0.1) is 0 Å². The minimum absolute atomic E-state index is 0.0894. The first-order valence-corrected chi connectivity index (χ1v) is 5.47.